The molecule has 2 rings (SSSR count). The minimum Gasteiger partial charge on any atom is -0.480 e. The molecule has 1 saturated carbocycles. The number of carbonyl (C=O) groups is 1. The molecule has 0 bridgehead atoms. The lowest BCUT2D eigenvalue weighted by atomic mass is 10.1. The topological polar surface area (TPSA) is 68.5 Å². The highest BCUT2D eigenvalue weighted by Crippen LogP contribution is 2.35. The molecular weight excluding hydrogens is 230 g/mol. The minimum atomic E-state index is -0.0812. The van der Waals surface area contributed by atoms with Gasteiger partial charge in [0.15, 0.2) is 0 Å². The lowest BCUT2D eigenvalue weighted by Crippen LogP contribution is -2.43. The fraction of sp³-hybridized carbons (Fsp3) is 0.538. The molecule has 1 amide bonds. The molecule has 1 unspecified atom stereocenters. The molecule has 5 heteroatoms. The maximum absolute atomic E-state index is 12.4. The number of rotatable bonds is 5. The number of nitrogens with two attached hydrogens (primary N) is 1. The maximum Gasteiger partial charge on any atom is 0.259 e. The SMILES string of the molecule is COc1ncccc1C(=O)N(C)C(CN)C1CC1. The van der Waals surface area contributed by atoms with Crippen LogP contribution in [0.2, 0.25) is 0 Å². The number of methoxy groups -OCH3 is 1. The zero-order valence-electron chi connectivity index (χ0n) is 10.8. The number of carbonyl (C=O) groups excluding carboxylic acids is 1. The summed E-state index contributed by atoms with van der Waals surface area (Å²) in [6.45, 7) is 0.496. The summed E-state index contributed by atoms with van der Waals surface area (Å²) in [7, 11) is 3.31. The van der Waals surface area contributed by atoms with Gasteiger partial charge in [0.2, 0.25) is 5.88 Å². The van der Waals surface area contributed by atoms with Crippen LogP contribution in [0, 0.1) is 5.92 Å². The molecule has 1 aromatic rings. The summed E-state index contributed by atoms with van der Waals surface area (Å²) in [6.07, 6.45) is 3.92. The van der Waals surface area contributed by atoms with E-state index in [9.17, 15) is 4.79 Å². The number of pyridine rings is 1. The van der Waals surface area contributed by atoms with Gasteiger partial charge in [0, 0.05) is 25.8 Å². The van der Waals surface area contributed by atoms with Crippen molar-refractivity contribution < 1.29 is 9.53 Å². The van der Waals surface area contributed by atoms with Crippen LogP contribution >= 0.6 is 0 Å². The van der Waals surface area contributed by atoms with Crippen LogP contribution in [0.1, 0.15) is 23.2 Å². The van der Waals surface area contributed by atoms with Gasteiger partial charge in [-0.15, -0.1) is 0 Å². The van der Waals surface area contributed by atoms with Crippen LogP contribution in [-0.4, -0.2) is 42.5 Å². The van der Waals surface area contributed by atoms with E-state index in [0.717, 1.165) is 12.8 Å². The normalized spacial score (nSPS) is 16.2. The van der Waals surface area contributed by atoms with Crippen molar-refractivity contribution in [3.63, 3.8) is 0 Å². The van der Waals surface area contributed by atoms with Gasteiger partial charge in [-0.2, -0.15) is 0 Å². The van der Waals surface area contributed by atoms with Gasteiger partial charge in [0.25, 0.3) is 5.91 Å². The van der Waals surface area contributed by atoms with Crippen molar-refractivity contribution >= 4 is 5.91 Å². The first-order chi connectivity index (χ1) is 8.69. The minimum absolute atomic E-state index is 0.0812. The molecule has 1 atom stereocenters. The third kappa shape index (κ3) is 2.46. The molecule has 2 N–H and O–H groups in total. The predicted molar refractivity (Wildman–Crippen MR) is 68.4 cm³/mol. The van der Waals surface area contributed by atoms with Crippen molar-refractivity contribution in [3.8, 4) is 5.88 Å². The van der Waals surface area contributed by atoms with E-state index in [1.807, 2.05) is 0 Å². The summed E-state index contributed by atoms with van der Waals surface area (Å²) >= 11 is 0. The highest BCUT2D eigenvalue weighted by Gasteiger charge is 2.35. The van der Waals surface area contributed by atoms with Crippen molar-refractivity contribution in [2.24, 2.45) is 11.7 Å². The van der Waals surface area contributed by atoms with Crippen molar-refractivity contribution in [2.45, 2.75) is 18.9 Å². The number of ether oxygens (including phenoxy) is 1. The van der Waals surface area contributed by atoms with Gasteiger partial charge in [-0.05, 0) is 30.9 Å². The molecule has 1 heterocycles. The number of hydrogen-bond donors (Lipinski definition) is 1. The molecule has 98 valence electrons. The van der Waals surface area contributed by atoms with Gasteiger partial charge >= 0.3 is 0 Å². The Bertz CT molecular complexity index is 432. The average Bonchev–Trinajstić information content (AvgIpc) is 3.23. The Hall–Kier alpha value is -1.62. The number of hydrogen-bond acceptors (Lipinski definition) is 4. The monoisotopic (exact) mass is 249 g/mol. The largest absolute Gasteiger partial charge is 0.480 e. The second kappa shape index (κ2) is 5.35. The summed E-state index contributed by atoms with van der Waals surface area (Å²) < 4.78 is 5.12. The van der Waals surface area contributed by atoms with Gasteiger partial charge in [-0.3, -0.25) is 4.79 Å². The number of likely N-dealkylation sites (N-methyl/N-ethyl adjacent to an activating group) is 1. The first-order valence-electron chi connectivity index (χ1n) is 6.15. The second-order valence-corrected chi connectivity index (χ2v) is 4.62. The lowest BCUT2D eigenvalue weighted by molar-refractivity contribution is 0.0714. The Kier molecular flexibility index (Phi) is 3.81. The van der Waals surface area contributed by atoms with Crippen molar-refractivity contribution in [1.82, 2.24) is 9.88 Å². The molecule has 18 heavy (non-hydrogen) atoms. The Labute approximate surface area is 107 Å². The van der Waals surface area contributed by atoms with Crippen LogP contribution in [0.15, 0.2) is 18.3 Å². The van der Waals surface area contributed by atoms with E-state index in [0.29, 0.717) is 23.9 Å². The van der Waals surface area contributed by atoms with E-state index in [2.05, 4.69) is 4.98 Å². The zero-order chi connectivity index (χ0) is 13.1. The van der Waals surface area contributed by atoms with Crippen molar-refractivity contribution in [1.29, 1.82) is 0 Å². The molecule has 0 aliphatic heterocycles. The highest BCUT2D eigenvalue weighted by molar-refractivity contribution is 5.96. The van der Waals surface area contributed by atoms with E-state index in [1.54, 1.807) is 30.3 Å². The van der Waals surface area contributed by atoms with Gasteiger partial charge in [0.1, 0.15) is 5.56 Å². The zero-order valence-corrected chi connectivity index (χ0v) is 10.8. The molecule has 1 aromatic heterocycles. The highest BCUT2D eigenvalue weighted by atomic mass is 16.5. The Morgan fingerprint density at radius 2 is 2.39 bits per heavy atom. The third-order valence-electron chi connectivity index (χ3n) is 3.42. The van der Waals surface area contributed by atoms with Crippen LogP contribution in [0.4, 0.5) is 0 Å². The number of aromatic nitrogens is 1. The second-order valence-electron chi connectivity index (χ2n) is 4.62. The van der Waals surface area contributed by atoms with Gasteiger partial charge in [-0.25, -0.2) is 4.98 Å². The van der Waals surface area contributed by atoms with E-state index >= 15 is 0 Å². The van der Waals surface area contributed by atoms with Gasteiger partial charge < -0.3 is 15.4 Å². The summed E-state index contributed by atoms with van der Waals surface area (Å²) in [6, 6.07) is 3.57. The number of amides is 1. The Balaban J connectivity index is 2.19. The molecule has 1 aliphatic carbocycles. The molecule has 1 fully saturated rings. The van der Waals surface area contributed by atoms with Crippen LogP contribution in [0.5, 0.6) is 5.88 Å². The first-order valence-corrected chi connectivity index (χ1v) is 6.15. The predicted octanol–water partition coefficient (Wildman–Crippen LogP) is 0.900. The lowest BCUT2D eigenvalue weighted by Gasteiger charge is -2.27. The third-order valence-corrected chi connectivity index (χ3v) is 3.42. The van der Waals surface area contributed by atoms with Crippen LogP contribution < -0.4 is 10.5 Å². The van der Waals surface area contributed by atoms with Crippen LogP contribution in [-0.2, 0) is 0 Å². The molecule has 0 saturated heterocycles. The van der Waals surface area contributed by atoms with Crippen molar-refractivity contribution in [2.75, 3.05) is 20.7 Å². The standard InChI is InChI=1S/C13H19N3O2/c1-16(11(8-14)9-5-6-9)13(17)10-4-3-7-15-12(10)18-2/h3-4,7,9,11H,5-6,8,14H2,1-2H3. The first kappa shape index (κ1) is 12.8. The Morgan fingerprint density at radius 1 is 1.67 bits per heavy atom. The molecule has 5 nitrogen and oxygen atoms in total. The van der Waals surface area contributed by atoms with E-state index in [4.69, 9.17) is 10.5 Å². The molecule has 0 radical (unpaired) electrons. The average molecular weight is 249 g/mol. The molecular formula is C13H19N3O2. The fourth-order valence-corrected chi connectivity index (χ4v) is 2.20. The number of nitrogens with zero attached hydrogens (tertiary/aromatic N) is 2. The summed E-state index contributed by atoms with van der Waals surface area (Å²) in [4.78, 5) is 18.2. The Morgan fingerprint density at radius 3 is 2.94 bits per heavy atom. The summed E-state index contributed by atoms with van der Waals surface area (Å²) in [5.74, 6) is 0.829. The van der Waals surface area contributed by atoms with Gasteiger partial charge in [-0.1, -0.05) is 0 Å². The molecule has 0 aromatic carbocycles. The fourth-order valence-electron chi connectivity index (χ4n) is 2.20. The molecule has 0 spiro atoms. The quantitative estimate of drug-likeness (QED) is 0.841. The summed E-state index contributed by atoms with van der Waals surface area (Å²) in [5.41, 5.74) is 6.25. The van der Waals surface area contributed by atoms with E-state index in [-0.39, 0.29) is 11.9 Å². The molecule has 1 aliphatic rings. The van der Waals surface area contributed by atoms with E-state index < -0.39 is 0 Å². The maximum atomic E-state index is 12.4. The van der Waals surface area contributed by atoms with Crippen molar-refractivity contribution in [3.05, 3.63) is 23.9 Å². The van der Waals surface area contributed by atoms with Crippen LogP contribution in [0.3, 0.4) is 0 Å². The van der Waals surface area contributed by atoms with Gasteiger partial charge in [0.05, 0.1) is 7.11 Å². The van der Waals surface area contributed by atoms with E-state index in [1.165, 1.54) is 7.11 Å². The smallest absolute Gasteiger partial charge is 0.259 e. The van der Waals surface area contributed by atoms with Crippen LogP contribution in [0.25, 0.3) is 0 Å². The summed E-state index contributed by atoms with van der Waals surface area (Å²) in [5, 5.41) is 0.